The van der Waals surface area contributed by atoms with Gasteiger partial charge in [0.2, 0.25) is 0 Å². The molecule has 21 heavy (non-hydrogen) atoms. The highest BCUT2D eigenvalue weighted by Gasteiger charge is 2.24. The minimum Gasteiger partial charge on any atom is -0.481 e. The van der Waals surface area contributed by atoms with E-state index >= 15 is 0 Å². The number of carbonyl (C=O) groups is 2. The van der Waals surface area contributed by atoms with E-state index in [1.807, 2.05) is 25.1 Å². The van der Waals surface area contributed by atoms with Crippen LogP contribution in [0.25, 0.3) is 0 Å². The number of nitrogens with one attached hydrogen (secondary N) is 1. The van der Waals surface area contributed by atoms with Gasteiger partial charge in [0.25, 0.3) is 0 Å². The molecule has 0 bridgehead atoms. The molecular weight excluding hydrogens is 336 g/mol. The average molecular weight is 355 g/mol. The molecule has 5 nitrogen and oxygen atoms in total. The highest BCUT2D eigenvalue weighted by molar-refractivity contribution is 9.10. The number of amides is 2. The molecule has 0 aliphatic carbocycles. The maximum Gasteiger partial charge on any atom is 0.321 e. The van der Waals surface area contributed by atoms with Gasteiger partial charge in [-0.15, -0.1) is 0 Å². The molecule has 0 atom stereocenters. The van der Waals surface area contributed by atoms with Crippen LogP contribution in [0.5, 0.6) is 0 Å². The van der Waals surface area contributed by atoms with Gasteiger partial charge in [-0.25, -0.2) is 4.79 Å². The van der Waals surface area contributed by atoms with Crippen LogP contribution in [0.2, 0.25) is 0 Å². The number of hydrogen-bond acceptors (Lipinski definition) is 2. The number of urea groups is 1. The Morgan fingerprint density at radius 3 is 2.67 bits per heavy atom. The number of hydrogen-bond donors (Lipinski definition) is 2. The van der Waals surface area contributed by atoms with Crippen molar-refractivity contribution >= 4 is 33.6 Å². The fourth-order valence-electron chi connectivity index (χ4n) is 2.53. The zero-order chi connectivity index (χ0) is 15.4. The van der Waals surface area contributed by atoms with Crippen molar-refractivity contribution in [3.63, 3.8) is 0 Å². The number of likely N-dealkylation sites (tertiary alicyclic amines) is 1. The number of aryl methyl sites for hydroxylation is 1. The quantitative estimate of drug-likeness (QED) is 0.872. The van der Waals surface area contributed by atoms with E-state index in [1.165, 1.54) is 0 Å². The van der Waals surface area contributed by atoms with Gasteiger partial charge in [-0.3, -0.25) is 4.79 Å². The van der Waals surface area contributed by atoms with Crippen LogP contribution in [0.15, 0.2) is 22.7 Å². The third-order valence-electron chi connectivity index (χ3n) is 3.80. The van der Waals surface area contributed by atoms with Gasteiger partial charge >= 0.3 is 12.0 Å². The topological polar surface area (TPSA) is 69.6 Å². The summed E-state index contributed by atoms with van der Waals surface area (Å²) in [6.07, 6.45) is 1.68. The highest BCUT2D eigenvalue weighted by Crippen LogP contribution is 2.27. The summed E-state index contributed by atoms with van der Waals surface area (Å²) in [6.45, 7) is 3.18. The Labute approximate surface area is 132 Å². The number of piperidine rings is 1. The molecule has 6 heteroatoms. The minimum absolute atomic E-state index is 0.130. The number of aliphatic carboxylic acids is 1. The minimum atomic E-state index is -0.762. The smallest absolute Gasteiger partial charge is 0.321 e. The van der Waals surface area contributed by atoms with E-state index in [0.717, 1.165) is 28.6 Å². The molecule has 1 aromatic carbocycles. The summed E-state index contributed by atoms with van der Waals surface area (Å²) in [5.74, 6) is -0.584. The van der Waals surface area contributed by atoms with E-state index < -0.39 is 5.97 Å². The van der Waals surface area contributed by atoms with Crippen molar-refractivity contribution in [3.05, 3.63) is 28.2 Å². The van der Waals surface area contributed by atoms with Crippen molar-refractivity contribution in [3.8, 4) is 0 Å². The van der Waals surface area contributed by atoms with Gasteiger partial charge < -0.3 is 15.3 Å². The van der Waals surface area contributed by atoms with Gasteiger partial charge in [0.05, 0.1) is 5.69 Å². The molecule has 1 aromatic rings. The van der Waals surface area contributed by atoms with E-state index in [2.05, 4.69) is 21.2 Å². The molecule has 1 aliphatic heterocycles. The summed E-state index contributed by atoms with van der Waals surface area (Å²) >= 11 is 3.47. The molecule has 0 unspecified atom stereocenters. The van der Waals surface area contributed by atoms with Crippen LogP contribution in [0.4, 0.5) is 10.5 Å². The fraction of sp³-hybridized carbons (Fsp3) is 0.467. The summed E-state index contributed by atoms with van der Waals surface area (Å²) in [7, 11) is 0. The number of carboxylic acids is 1. The molecule has 1 fully saturated rings. The van der Waals surface area contributed by atoms with Crippen molar-refractivity contribution < 1.29 is 14.7 Å². The lowest BCUT2D eigenvalue weighted by molar-refractivity contribution is -0.138. The predicted molar refractivity (Wildman–Crippen MR) is 84.4 cm³/mol. The summed E-state index contributed by atoms with van der Waals surface area (Å²) in [5, 5.41) is 11.7. The Morgan fingerprint density at radius 2 is 2.05 bits per heavy atom. The Kier molecular flexibility index (Phi) is 5.22. The number of anilines is 1. The maximum atomic E-state index is 12.2. The van der Waals surface area contributed by atoms with Crippen molar-refractivity contribution in [1.82, 2.24) is 4.90 Å². The lowest BCUT2D eigenvalue weighted by atomic mass is 9.94. The van der Waals surface area contributed by atoms with Crippen LogP contribution in [-0.2, 0) is 4.79 Å². The molecule has 1 saturated heterocycles. The molecule has 1 aliphatic rings. The number of benzene rings is 1. The van der Waals surface area contributed by atoms with Gasteiger partial charge in [-0.1, -0.05) is 12.1 Å². The largest absolute Gasteiger partial charge is 0.481 e. The molecule has 2 N–H and O–H groups in total. The number of rotatable bonds is 3. The van der Waals surface area contributed by atoms with Crippen LogP contribution in [-0.4, -0.2) is 35.1 Å². The number of carbonyl (C=O) groups excluding carboxylic acids is 1. The molecule has 2 amide bonds. The van der Waals surface area contributed by atoms with Crippen molar-refractivity contribution in [1.29, 1.82) is 0 Å². The average Bonchev–Trinajstić information content (AvgIpc) is 2.44. The predicted octanol–water partition coefficient (Wildman–Crippen LogP) is 3.48. The van der Waals surface area contributed by atoms with Gasteiger partial charge in [-0.05, 0) is 53.2 Å². The van der Waals surface area contributed by atoms with E-state index in [9.17, 15) is 9.59 Å². The lowest BCUT2D eigenvalue weighted by Crippen LogP contribution is -2.41. The third-order valence-corrected chi connectivity index (χ3v) is 4.85. The second-order valence-electron chi connectivity index (χ2n) is 5.39. The molecule has 0 saturated carbocycles. The third kappa shape index (κ3) is 4.20. The number of halogens is 1. The number of nitrogens with zero attached hydrogens (tertiary/aromatic N) is 1. The highest BCUT2D eigenvalue weighted by atomic mass is 79.9. The van der Waals surface area contributed by atoms with Crippen molar-refractivity contribution in [2.24, 2.45) is 5.92 Å². The Morgan fingerprint density at radius 1 is 1.38 bits per heavy atom. The zero-order valence-electron chi connectivity index (χ0n) is 11.9. The fourth-order valence-corrected chi connectivity index (χ4v) is 2.89. The zero-order valence-corrected chi connectivity index (χ0v) is 13.5. The molecule has 0 radical (unpaired) electrons. The lowest BCUT2D eigenvalue weighted by Gasteiger charge is -2.31. The van der Waals surface area contributed by atoms with E-state index in [0.29, 0.717) is 13.1 Å². The maximum absolute atomic E-state index is 12.2. The normalized spacial score (nSPS) is 15.8. The summed E-state index contributed by atoms with van der Waals surface area (Å²) in [6, 6.07) is 5.59. The summed E-state index contributed by atoms with van der Waals surface area (Å²) < 4.78 is 0.888. The van der Waals surface area contributed by atoms with Gasteiger partial charge in [-0.2, -0.15) is 0 Å². The van der Waals surface area contributed by atoms with Crippen LogP contribution in [0, 0.1) is 12.8 Å². The molecule has 114 valence electrons. The van der Waals surface area contributed by atoms with Crippen LogP contribution in [0.3, 0.4) is 0 Å². The first kappa shape index (κ1) is 15.8. The van der Waals surface area contributed by atoms with Crippen LogP contribution >= 0.6 is 15.9 Å². The molecule has 0 spiro atoms. The Bertz CT molecular complexity index is 540. The van der Waals surface area contributed by atoms with Gasteiger partial charge in [0.1, 0.15) is 0 Å². The van der Waals surface area contributed by atoms with E-state index in [1.54, 1.807) is 4.90 Å². The first-order valence-electron chi connectivity index (χ1n) is 7.00. The molecular formula is C15H19BrN2O3. The standard InChI is InChI=1S/C15H19BrN2O3/c1-10-3-2-4-12(14(10)16)17-15(21)18-7-5-11(6-8-18)9-13(19)20/h2-4,11H,5-9H2,1H3,(H,17,21)(H,19,20). The molecule has 1 heterocycles. The second-order valence-corrected chi connectivity index (χ2v) is 6.19. The molecule has 0 aromatic heterocycles. The van der Waals surface area contributed by atoms with E-state index in [-0.39, 0.29) is 18.4 Å². The van der Waals surface area contributed by atoms with Crippen molar-refractivity contribution in [2.75, 3.05) is 18.4 Å². The monoisotopic (exact) mass is 354 g/mol. The molecule has 2 rings (SSSR count). The van der Waals surface area contributed by atoms with Crippen LogP contribution < -0.4 is 5.32 Å². The van der Waals surface area contributed by atoms with Gasteiger partial charge in [0, 0.05) is 24.0 Å². The summed E-state index contributed by atoms with van der Waals surface area (Å²) in [4.78, 5) is 24.7. The van der Waals surface area contributed by atoms with Crippen molar-refractivity contribution in [2.45, 2.75) is 26.2 Å². The Balaban J connectivity index is 1.90. The first-order chi connectivity index (χ1) is 9.97. The SMILES string of the molecule is Cc1cccc(NC(=O)N2CCC(CC(=O)O)CC2)c1Br. The first-order valence-corrected chi connectivity index (χ1v) is 7.79. The number of carboxylic acid groups (broad SMARTS) is 1. The van der Waals surface area contributed by atoms with E-state index in [4.69, 9.17) is 5.11 Å². The summed E-state index contributed by atoms with van der Waals surface area (Å²) in [5.41, 5.74) is 1.82. The Hall–Kier alpha value is -1.56. The van der Waals surface area contributed by atoms with Gasteiger partial charge in [0.15, 0.2) is 0 Å². The van der Waals surface area contributed by atoms with Crippen LogP contribution in [0.1, 0.15) is 24.8 Å². The second kappa shape index (κ2) is 6.93.